The van der Waals surface area contributed by atoms with Crippen molar-refractivity contribution in [2.45, 2.75) is 410 Å². The molecule has 12 heterocycles. The molecule has 12 aliphatic rings. The molecule has 37 N–H and O–H groups in total. The molecule has 0 aromatic carbocycles. The van der Waals surface area contributed by atoms with Crippen molar-refractivity contribution in [1.82, 2.24) is 26.6 Å². The molecule has 0 aromatic rings. The molecule has 60 atom stereocenters. The van der Waals surface area contributed by atoms with Gasteiger partial charge in [0.05, 0.1) is 78.8 Å². The number of rotatable bonds is 38. The lowest BCUT2D eigenvalue weighted by molar-refractivity contribution is -0.413. The van der Waals surface area contributed by atoms with E-state index in [1.165, 1.54) is 6.92 Å². The van der Waals surface area contributed by atoms with Gasteiger partial charge in [-0.2, -0.15) is 0 Å². The first-order valence-corrected chi connectivity index (χ1v) is 47.0. The molecular formula is C82H137N5O60. The van der Waals surface area contributed by atoms with E-state index in [0.29, 0.717) is 0 Å². The third-order valence-electron chi connectivity index (χ3n) is 27.0. The molecule has 0 saturated carbocycles. The van der Waals surface area contributed by atoms with Crippen LogP contribution in [0.5, 0.6) is 0 Å². The molecule has 12 aliphatic heterocycles. The molecule has 12 rings (SSSR count). The number of aliphatic hydroxyl groups excluding tert-OH is 32. The van der Waals surface area contributed by atoms with Crippen LogP contribution in [-0.2, 0) is 133 Å². The van der Waals surface area contributed by atoms with E-state index in [0.717, 1.165) is 34.6 Å². The van der Waals surface area contributed by atoms with Crippen molar-refractivity contribution in [2.75, 3.05) is 72.7 Å². The van der Waals surface area contributed by atoms with E-state index >= 15 is 0 Å². The predicted molar refractivity (Wildman–Crippen MR) is 452 cm³/mol. The Hall–Kier alpha value is -4.85. The summed E-state index contributed by atoms with van der Waals surface area (Å²) in [6, 6.07) is -10.4. The quantitative estimate of drug-likeness (QED) is 0.0273. The molecule has 0 radical (unpaired) electrons. The van der Waals surface area contributed by atoms with Gasteiger partial charge >= 0.3 is 0 Å². The average Bonchev–Trinajstić information content (AvgIpc) is 0.747. The van der Waals surface area contributed by atoms with Crippen LogP contribution in [0, 0.1) is 0 Å². The first-order chi connectivity index (χ1) is 69.5. The van der Waals surface area contributed by atoms with E-state index in [-0.39, 0.29) is 0 Å². The first kappa shape index (κ1) is 121. The van der Waals surface area contributed by atoms with Crippen LogP contribution in [0.3, 0.4) is 0 Å². The summed E-state index contributed by atoms with van der Waals surface area (Å²) in [6.45, 7) is -7.63. The van der Waals surface area contributed by atoms with Gasteiger partial charge in [0.1, 0.15) is 287 Å². The summed E-state index contributed by atoms with van der Waals surface area (Å²) >= 11 is 0. The summed E-state index contributed by atoms with van der Waals surface area (Å²) in [5.74, 6) is -5.15. The lowest BCUT2D eigenvalue weighted by Crippen LogP contribution is -2.72. The van der Waals surface area contributed by atoms with Crippen LogP contribution in [0.1, 0.15) is 41.5 Å². The van der Waals surface area contributed by atoms with Crippen molar-refractivity contribution >= 4 is 29.5 Å². The van der Waals surface area contributed by atoms with Crippen molar-refractivity contribution in [3.63, 3.8) is 0 Å². The van der Waals surface area contributed by atoms with E-state index in [1.54, 1.807) is 0 Å². The van der Waals surface area contributed by atoms with Crippen LogP contribution in [0.4, 0.5) is 0 Å². The Labute approximate surface area is 832 Å². The van der Waals surface area contributed by atoms with Crippen molar-refractivity contribution in [2.24, 2.45) is 0 Å². The molecule has 147 heavy (non-hydrogen) atoms. The van der Waals surface area contributed by atoms with Gasteiger partial charge < -0.3 is 299 Å². The molecule has 12 saturated heterocycles. The van der Waals surface area contributed by atoms with Crippen LogP contribution in [0.25, 0.3) is 0 Å². The Bertz CT molecular complexity index is 4110. The molecule has 0 aromatic heterocycles. The Morgan fingerprint density at radius 3 is 0.823 bits per heavy atom. The molecule has 65 nitrogen and oxygen atoms in total. The second-order valence-electron chi connectivity index (χ2n) is 37.4. The highest BCUT2D eigenvalue weighted by atomic mass is 16.8. The SMILES string of the molecule is CC(=O)N[C@H]1[C@H](O[C@H]2[C@H](O)[C@@H](NC(C)=O)C(O)O[C@@H]2CO[C@@H]2O[C@@H](C)[C@@H](O)[C@@H](O)[C@@H]2O)O[C@H](CO)[C@@H](O[C@@H]2O[C@H](CO[C@H]3O[C@H](CO[C@H]4O[C@H](CO)[C@@H](O)[C@H](O)[C@@H]4O)[C@@H](O)[C@H](O[C@H]4O[C@H](CO)[C@@H](O)[C@H](O)[C@@H]4O)[C@@H]3O)[C@@H](O[C@@H]3O[C@H](CO)[C@@H](O)[C@H](O)[C@H]3NC(C)=O)[C@H](O[C@H]3O[C@H](CO)[C@@H](O[C@@H]4O[C@H](CO)[C@@H](O[C@@H]5O[C@H](CO)[C@H](O)[C@H](O)[C@H]5O)[C@H](O)[C@H]4NC(C)=O)[C@H](O)[C@@H]3O[C@@H]3O[C@H](CO)[C@@H](O)[C@H](O)[C@H]3NC(C)=O)[C@@H]2O)[C@@H]1O. The molecule has 1 unspecified atom stereocenters. The first-order valence-electron chi connectivity index (χ1n) is 47.0. The normalized spacial score (nSPS) is 49.6. The number of ether oxygens (including phenoxy) is 23. The predicted octanol–water partition coefficient (Wildman–Crippen LogP) is -25.4. The summed E-state index contributed by atoms with van der Waals surface area (Å²) in [5, 5.41) is 376. The molecule has 0 bridgehead atoms. The van der Waals surface area contributed by atoms with Gasteiger partial charge in [-0.1, -0.05) is 0 Å². The zero-order valence-corrected chi connectivity index (χ0v) is 79.2. The summed E-state index contributed by atoms with van der Waals surface area (Å²) in [4.78, 5) is 66.3. The van der Waals surface area contributed by atoms with Crippen molar-refractivity contribution in [3.8, 4) is 0 Å². The van der Waals surface area contributed by atoms with Gasteiger partial charge in [0.15, 0.2) is 75.5 Å². The molecule has 12 fully saturated rings. The highest BCUT2D eigenvalue weighted by Gasteiger charge is 2.64. The van der Waals surface area contributed by atoms with Gasteiger partial charge in [-0.05, 0) is 6.92 Å². The van der Waals surface area contributed by atoms with Crippen LogP contribution in [-0.4, -0.2) is 634 Å². The fourth-order valence-corrected chi connectivity index (χ4v) is 19.1. The van der Waals surface area contributed by atoms with Gasteiger partial charge in [-0.3, -0.25) is 24.0 Å². The van der Waals surface area contributed by atoms with Crippen LogP contribution in [0.15, 0.2) is 0 Å². The molecule has 5 amide bonds. The van der Waals surface area contributed by atoms with Gasteiger partial charge in [0.25, 0.3) is 0 Å². The van der Waals surface area contributed by atoms with Gasteiger partial charge in [0.2, 0.25) is 29.5 Å². The minimum Gasteiger partial charge on any atom is -0.394 e. The van der Waals surface area contributed by atoms with Crippen molar-refractivity contribution < 1.29 is 296 Å². The van der Waals surface area contributed by atoms with E-state index in [9.17, 15) is 187 Å². The van der Waals surface area contributed by atoms with Crippen LogP contribution in [0.2, 0.25) is 0 Å². The number of nitrogens with one attached hydrogen (secondary N) is 5. The number of carbonyl (C=O) groups excluding carboxylic acids is 5. The third kappa shape index (κ3) is 27.0. The van der Waals surface area contributed by atoms with Gasteiger partial charge in [-0.25, -0.2) is 0 Å². The Morgan fingerprint density at radius 2 is 0.429 bits per heavy atom. The number of amides is 5. The molecule has 850 valence electrons. The maximum absolute atomic E-state index is 13.8. The molecular weight excluding hydrogens is 2010 g/mol. The fraction of sp³-hybridized carbons (Fsp3) is 0.939. The second-order valence-corrected chi connectivity index (χ2v) is 37.4. The van der Waals surface area contributed by atoms with Crippen molar-refractivity contribution in [1.29, 1.82) is 0 Å². The zero-order chi connectivity index (χ0) is 108. The molecule has 65 heteroatoms. The van der Waals surface area contributed by atoms with E-state index in [2.05, 4.69) is 26.6 Å². The minimum absolute atomic E-state index is 0.862. The fourth-order valence-electron chi connectivity index (χ4n) is 19.1. The average molecular weight is 2150 g/mol. The number of hydrogen-bond acceptors (Lipinski definition) is 60. The highest BCUT2D eigenvalue weighted by molar-refractivity contribution is 5.75. The monoisotopic (exact) mass is 2150 g/mol. The van der Waals surface area contributed by atoms with Gasteiger partial charge in [-0.15, -0.1) is 0 Å². The minimum atomic E-state index is -2.93. The molecule has 0 aliphatic carbocycles. The van der Waals surface area contributed by atoms with E-state index in [1.807, 2.05) is 0 Å². The standard InChI is InChI=1S/C82H137N5O60/c1-18-40(101)52(113)56(117)76(128-18)126-16-33-66(49(110)35(71(124)129-33)83-19(2)96)141-75-39(87-23(6)100)51(112)64(30(13-94)136-75)143-81-62(123)69(146-82-70(147-73-37(85-21(4)98)48(109)42(103)25(8-89)131-73)60(121)65(31(14-95)137-82)140-74-38(86-22(5)99)50(111)63(29(12-93)135-74)142-79-58(119)54(115)44(105)27(10-91)133-79)67(144-72-36(84-20(3)97)47(108)41(102)24(7-88)130-72)34(139-81)17-127-78-61(122)68(145-80-59(120)55(116)45(106)28(11-92)134-80)46(107)32(138-78)15-125-77-57(118)53(114)43(104)26(9-90)132-77/h18,24-82,88-95,101-124H,7-17H2,1-6H3,(H,83,96)(H,84,97)(H,85,98)(H,86,99)(H,87,100)/t18-,24+,25+,26+,27+,28+,29+,30+,31+,32+,33+,34+,35+,36+,37+,38+,39+,40+,41+,42+,43+,44-,45+,46+,47+,48+,49+,50+,51+,52+,53-,54-,55-,56-,57-,58+,59-,60-,61-,62-,63+,64+,65+,66+,67+,68-,69+,70-,71?,72-,73-,74-,75-,76+,77-,78-,79-,80+,81-,82+/m0/s1. The lowest BCUT2D eigenvalue weighted by Gasteiger charge is -2.53. The topological polar surface area (TPSA) is 1010 Å². The largest absolute Gasteiger partial charge is 0.394 e. The van der Waals surface area contributed by atoms with Crippen LogP contribution >= 0.6 is 0 Å². The summed E-state index contributed by atoms with van der Waals surface area (Å²) < 4.78 is 140. The Morgan fingerprint density at radius 1 is 0.190 bits per heavy atom. The second kappa shape index (κ2) is 52.8. The van der Waals surface area contributed by atoms with Crippen molar-refractivity contribution in [3.05, 3.63) is 0 Å². The van der Waals surface area contributed by atoms with E-state index < -0.39 is 470 Å². The smallest absolute Gasteiger partial charge is 0.217 e. The summed E-state index contributed by atoms with van der Waals surface area (Å²) in [7, 11) is 0. The van der Waals surface area contributed by atoms with Crippen LogP contribution < -0.4 is 26.6 Å². The maximum Gasteiger partial charge on any atom is 0.217 e. The highest BCUT2D eigenvalue weighted by Crippen LogP contribution is 2.43. The molecule has 0 spiro atoms. The number of hydrogen-bond donors (Lipinski definition) is 37. The van der Waals surface area contributed by atoms with E-state index in [4.69, 9.17) is 109 Å². The Balaban J connectivity index is 0.993. The summed E-state index contributed by atoms with van der Waals surface area (Å²) in [6.07, 6.45) is -123. The zero-order valence-electron chi connectivity index (χ0n) is 79.2. The lowest BCUT2D eigenvalue weighted by atomic mass is 9.93. The number of carbonyl (C=O) groups is 5. The maximum atomic E-state index is 13.8. The Kier molecular flexibility index (Phi) is 43.4. The van der Waals surface area contributed by atoms with Gasteiger partial charge in [0, 0.05) is 34.6 Å². The number of aliphatic hydroxyl groups is 32. The third-order valence-corrected chi connectivity index (χ3v) is 27.0. The summed E-state index contributed by atoms with van der Waals surface area (Å²) in [5.41, 5.74) is 0.